The third-order valence-corrected chi connectivity index (χ3v) is 9.31. The predicted molar refractivity (Wildman–Crippen MR) is 177 cm³/mol. The van der Waals surface area contributed by atoms with E-state index in [0.29, 0.717) is 47.1 Å². The summed E-state index contributed by atoms with van der Waals surface area (Å²) in [7, 11) is 1.57. The van der Waals surface area contributed by atoms with Crippen molar-refractivity contribution in [3.63, 3.8) is 0 Å². The molecule has 2 fully saturated rings. The molecule has 13 heteroatoms. The van der Waals surface area contributed by atoms with E-state index in [4.69, 9.17) is 14.7 Å². The van der Waals surface area contributed by atoms with E-state index in [-0.39, 0.29) is 18.6 Å². The number of aliphatic hydroxyl groups excluding tert-OH is 3. The van der Waals surface area contributed by atoms with E-state index in [1.807, 2.05) is 74.2 Å². The summed E-state index contributed by atoms with van der Waals surface area (Å²) < 4.78 is 12.5. The summed E-state index contributed by atoms with van der Waals surface area (Å²) >= 11 is 3.17. The minimum Gasteiger partial charge on any atom is -0.493 e. The molecule has 248 valence electrons. The molecule has 2 aliphatic heterocycles. The number of benzene rings is 1. The van der Waals surface area contributed by atoms with E-state index in [0.717, 1.165) is 22.5 Å². The first-order valence-corrected chi connectivity index (χ1v) is 15.9. The summed E-state index contributed by atoms with van der Waals surface area (Å²) in [6, 6.07) is 17.2. The zero-order valence-corrected chi connectivity index (χ0v) is 28.6. The number of pyridine rings is 2. The number of amides is 1. The summed E-state index contributed by atoms with van der Waals surface area (Å²) in [6.07, 6.45) is -2.32. The zero-order chi connectivity index (χ0) is 34.5. The zero-order valence-electron chi connectivity index (χ0n) is 27.0. The average Bonchev–Trinajstić information content (AvgIpc) is 3.42. The van der Waals surface area contributed by atoms with Gasteiger partial charge in [0.05, 0.1) is 32.9 Å². The Labute approximate surface area is 282 Å². The number of likely N-dealkylation sites (tertiary alicyclic amines) is 1. The lowest BCUT2D eigenvalue weighted by Crippen LogP contribution is -2.54. The minimum absolute atomic E-state index is 0.109. The summed E-state index contributed by atoms with van der Waals surface area (Å²) in [4.78, 5) is 24.5. The molecule has 0 radical (unpaired) electrons. The number of hydrogen-bond acceptors (Lipinski definition) is 11. The fourth-order valence-electron chi connectivity index (χ4n) is 5.69. The molecule has 3 aromatic rings. The number of rotatable bonds is 8. The fourth-order valence-corrected chi connectivity index (χ4v) is 6.00. The molecule has 2 aromatic heterocycles. The van der Waals surface area contributed by atoms with Gasteiger partial charge < -0.3 is 34.6 Å². The molecule has 0 bridgehead atoms. The van der Waals surface area contributed by atoms with Gasteiger partial charge in [0, 0.05) is 24.4 Å². The second-order valence-corrected chi connectivity index (χ2v) is 12.9. The van der Waals surface area contributed by atoms with Crippen LogP contribution in [0.3, 0.4) is 0 Å². The van der Waals surface area contributed by atoms with Crippen LogP contribution < -0.4 is 14.4 Å². The molecule has 0 saturated carbocycles. The van der Waals surface area contributed by atoms with E-state index < -0.39 is 30.1 Å². The van der Waals surface area contributed by atoms with Crippen LogP contribution in [0.4, 0.5) is 5.82 Å². The first kappa shape index (κ1) is 35.6. The van der Waals surface area contributed by atoms with Gasteiger partial charge in [0.1, 0.15) is 40.1 Å². The smallest absolute Gasteiger partial charge is 0.253 e. The molecule has 2 aliphatic rings. The van der Waals surface area contributed by atoms with Crippen molar-refractivity contribution in [2.75, 3.05) is 44.8 Å². The highest BCUT2D eigenvalue weighted by atomic mass is 79.9. The van der Waals surface area contributed by atoms with Crippen molar-refractivity contribution in [2.24, 2.45) is 5.41 Å². The molecule has 4 heterocycles. The van der Waals surface area contributed by atoms with Crippen LogP contribution in [-0.4, -0.2) is 94.3 Å². The van der Waals surface area contributed by atoms with E-state index >= 15 is 0 Å². The van der Waals surface area contributed by atoms with Gasteiger partial charge in [0.25, 0.3) is 5.91 Å². The van der Waals surface area contributed by atoms with Gasteiger partial charge in [-0.2, -0.15) is 10.5 Å². The predicted octanol–water partition coefficient (Wildman–Crippen LogP) is 3.23. The molecule has 47 heavy (non-hydrogen) atoms. The standard InChI is InChI=1S/C27H34N4O6.C7H5BrN2/c1-16-5-8-25(29-21(16)10-28)30-11-19(12-30)37-24-9-18(6-7-23(24)36-4)20-13-31(26(35)22(34)14-32)15-27(20,3)17(2)33;1-5-2-3-7(8)10-6(5)4-9/h5-9,17,19-20,22,32-34H,11-15H2,1-4H3;2-3H,1H3/t17-,20+,22+,27+;/m1./s1. The maximum absolute atomic E-state index is 12.6. The number of halogens is 1. The minimum atomic E-state index is -1.49. The SMILES string of the molecule is COc1ccc([C@@H]2CN(C(=O)[C@@H](O)CO)C[C@@]2(C)[C@@H](C)O)cc1OC1CN(c2ccc(C)c(C#N)n2)C1.Cc1ccc(Br)nc1C#N. The molecule has 3 N–H and O–H groups in total. The third kappa shape index (κ3) is 7.83. The maximum Gasteiger partial charge on any atom is 0.253 e. The highest BCUT2D eigenvalue weighted by Crippen LogP contribution is 2.47. The number of anilines is 1. The van der Waals surface area contributed by atoms with Crippen LogP contribution in [0.5, 0.6) is 11.5 Å². The number of methoxy groups -OCH3 is 1. The average molecular weight is 708 g/mol. The number of ether oxygens (including phenoxy) is 2. The number of aliphatic hydroxyl groups is 3. The monoisotopic (exact) mass is 706 g/mol. The highest BCUT2D eigenvalue weighted by molar-refractivity contribution is 9.10. The van der Waals surface area contributed by atoms with Crippen molar-refractivity contribution in [1.82, 2.24) is 14.9 Å². The lowest BCUT2D eigenvalue weighted by Gasteiger charge is -2.40. The van der Waals surface area contributed by atoms with Gasteiger partial charge in [0.15, 0.2) is 17.6 Å². The molecule has 12 nitrogen and oxygen atoms in total. The number of nitrogens with zero attached hydrogens (tertiary/aromatic N) is 6. The third-order valence-electron chi connectivity index (χ3n) is 8.87. The Morgan fingerprint density at radius 2 is 1.68 bits per heavy atom. The lowest BCUT2D eigenvalue weighted by atomic mass is 9.72. The molecule has 2 saturated heterocycles. The molecule has 1 aromatic carbocycles. The second kappa shape index (κ2) is 15.1. The van der Waals surface area contributed by atoms with Gasteiger partial charge in [0.2, 0.25) is 0 Å². The molecular weight excluding hydrogens is 668 g/mol. The Bertz CT molecular complexity index is 1680. The van der Waals surface area contributed by atoms with E-state index in [1.165, 1.54) is 4.90 Å². The first-order valence-electron chi connectivity index (χ1n) is 15.1. The maximum atomic E-state index is 12.6. The molecule has 4 atom stereocenters. The Kier molecular flexibility index (Phi) is 11.4. The van der Waals surface area contributed by atoms with E-state index in [9.17, 15) is 25.4 Å². The molecule has 5 rings (SSSR count). The summed E-state index contributed by atoms with van der Waals surface area (Å²) in [6.45, 7) is 8.42. The van der Waals surface area contributed by atoms with Crippen molar-refractivity contribution >= 4 is 27.7 Å². The van der Waals surface area contributed by atoms with Gasteiger partial charge >= 0.3 is 0 Å². The lowest BCUT2D eigenvalue weighted by molar-refractivity contribution is -0.141. The van der Waals surface area contributed by atoms with Crippen LogP contribution in [0, 0.1) is 41.9 Å². The van der Waals surface area contributed by atoms with Crippen LogP contribution in [-0.2, 0) is 4.79 Å². The number of aryl methyl sites for hydroxylation is 2. The van der Waals surface area contributed by atoms with Crippen molar-refractivity contribution in [3.05, 3.63) is 75.1 Å². The van der Waals surface area contributed by atoms with Crippen LogP contribution in [0.2, 0.25) is 0 Å². The summed E-state index contributed by atoms with van der Waals surface area (Å²) in [5, 5.41) is 47.5. The largest absolute Gasteiger partial charge is 0.493 e. The normalized spacial score (nSPS) is 20.2. The molecular formula is C34H39BrN6O6. The van der Waals surface area contributed by atoms with E-state index in [1.54, 1.807) is 14.0 Å². The van der Waals surface area contributed by atoms with Crippen LogP contribution in [0.1, 0.15) is 47.8 Å². The number of aromatic nitrogens is 2. The fraction of sp³-hybridized carbons (Fsp3) is 0.441. The van der Waals surface area contributed by atoms with Crippen molar-refractivity contribution in [1.29, 1.82) is 10.5 Å². The first-order chi connectivity index (χ1) is 22.3. The van der Waals surface area contributed by atoms with Crippen LogP contribution >= 0.6 is 15.9 Å². The van der Waals surface area contributed by atoms with Gasteiger partial charge in [-0.3, -0.25) is 4.79 Å². The van der Waals surface area contributed by atoms with E-state index in [2.05, 4.69) is 32.0 Å². The topological polar surface area (TPSA) is 176 Å². The van der Waals surface area contributed by atoms with Crippen LogP contribution in [0.25, 0.3) is 0 Å². The number of carbonyl (C=O) groups excluding carboxylic acids is 1. The Morgan fingerprint density at radius 3 is 2.26 bits per heavy atom. The number of hydrogen-bond donors (Lipinski definition) is 3. The summed E-state index contributed by atoms with van der Waals surface area (Å²) in [5.41, 5.74) is 2.85. The van der Waals surface area contributed by atoms with Gasteiger partial charge in [-0.25, -0.2) is 9.97 Å². The Morgan fingerprint density at radius 1 is 1.04 bits per heavy atom. The Balaban J connectivity index is 0.000000427. The summed E-state index contributed by atoms with van der Waals surface area (Å²) in [5.74, 6) is 1.08. The molecule has 0 aliphatic carbocycles. The van der Waals surface area contributed by atoms with Crippen LogP contribution in [0.15, 0.2) is 47.1 Å². The van der Waals surface area contributed by atoms with Crippen molar-refractivity contribution in [3.8, 4) is 23.6 Å². The Hall–Kier alpha value is -4.27. The quantitative estimate of drug-likeness (QED) is 0.293. The number of carbonyl (C=O) groups is 1. The molecule has 0 unspecified atom stereocenters. The van der Waals surface area contributed by atoms with Gasteiger partial charge in [-0.05, 0) is 77.7 Å². The molecule has 1 amide bonds. The molecule has 0 spiro atoms. The van der Waals surface area contributed by atoms with Gasteiger partial charge in [-0.1, -0.05) is 25.1 Å². The van der Waals surface area contributed by atoms with Gasteiger partial charge in [-0.15, -0.1) is 0 Å². The number of nitriles is 2. The van der Waals surface area contributed by atoms with Crippen molar-refractivity contribution < 1.29 is 29.6 Å². The highest BCUT2D eigenvalue weighted by Gasteiger charge is 2.49. The second-order valence-electron chi connectivity index (χ2n) is 12.1. The van der Waals surface area contributed by atoms with Crippen molar-refractivity contribution in [2.45, 2.75) is 51.9 Å².